The first kappa shape index (κ1) is 11.7. The average Bonchev–Trinajstić information content (AvgIpc) is 2.01. The molecule has 2 nitrogen and oxygen atoms in total. The van der Waals surface area contributed by atoms with E-state index >= 15 is 0 Å². The second kappa shape index (κ2) is 7.32. The Balaban J connectivity index is 3.33. The molecular weight excluding hydrogens is 148 g/mol. The van der Waals surface area contributed by atoms with E-state index < -0.39 is 0 Å². The first-order valence-electron chi connectivity index (χ1n) is 4.63. The predicted octanol–water partition coefficient (Wildman–Crippen LogP) is 1.49. The Morgan fingerprint density at radius 2 is 2.08 bits per heavy atom. The lowest BCUT2D eigenvalue weighted by molar-refractivity contribution is 0.361. The maximum absolute atomic E-state index is 3.15. The van der Waals surface area contributed by atoms with E-state index in [2.05, 4.69) is 37.2 Å². The van der Waals surface area contributed by atoms with Crippen molar-refractivity contribution < 1.29 is 0 Å². The number of hydrogen-bond acceptors (Lipinski definition) is 2. The minimum atomic E-state index is 1.08. The van der Waals surface area contributed by atoms with E-state index in [-0.39, 0.29) is 0 Å². The molecular formula is C10H22N2. The summed E-state index contributed by atoms with van der Waals surface area (Å²) in [4.78, 5) is 2.34. The molecule has 0 heterocycles. The van der Waals surface area contributed by atoms with Crippen molar-refractivity contribution in [3.63, 3.8) is 0 Å². The number of hydrogen-bond donors (Lipinski definition) is 1. The third-order valence-electron chi connectivity index (χ3n) is 1.78. The Labute approximate surface area is 76.6 Å². The van der Waals surface area contributed by atoms with Gasteiger partial charge in [0.15, 0.2) is 0 Å². The maximum Gasteiger partial charge on any atom is 0.0162 e. The molecule has 0 aromatic heterocycles. The number of nitrogens with zero attached hydrogens (tertiary/aromatic N) is 1. The van der Waals surface area contributed by atoms with Crippen molar-refractivity contribution in [2.45, 2.75) is 20.3 Å². The summed E-state index contributed by atoms with van der Waals surface area (Å²) in [6, 6.07) is 0. The molecule has 0 unspecified atom stereocenters. The molecule has 0 amide bonds. The summed E-state index contributed by atoms with van der Waals surface area (Å²) in [5, 5.41) is 3.15. The zero-order chi connectivity index (χ0) is 9.40. The van der Waals surface area contributed by atoms with E-state index in [0.29, 0.717) is 0 Å². The van der Waals surface area contributed by atoms with Crippen LogP contribution in [0.1, 0.15) is 20.3 Å². The molecule has 0 aromatic carbocycles. The van der Waals surface area contributed by atoms with Gasteiger partial charge in [-0.05, 0) is 47.5 Å². The van der Waals surface area contributed by atoms with Gasteiger partial charge in [0.25, 0.3) is 0 Å². The zero-order valence-corrected chi connectivity index (χ0v) is 8.85. The van der Waals surface area contributed by atoms with Gasteiger partial charge in [-0.3, -0.25) is 0 Å². The van der Waals surface area contributed by atoms with Crippen molar-refractivity contribution in [3.05, 3.63) is 11.6 Å². The standard InChI is InChI=1S/C10H22N2/c1-10(2)6-9-12(4)8-5-7-11-3/h6,11H,5,7-9H2,1-4H3. The minimum absolute atomic E-state index is 1.08. The van der Waals surface area contributed by atoms with Gasteiger partial charge in [-0.25, -0.2) is 0 Å². The van der Waals surface area contributed by atoms with Crippen molar-refractivity contribution >= 4 is 0 Å². The van der Waals surface area contributed by atoms with Crippen LogP contribution in [0, 0.1) is 0 Å². The van der Waals surface area contributed by atoms with Gasteiger partial charge in [0, 0.05) is 6.54 Å². The highest BCUT2D eigenvalue weighted by Crippen LogP contribution is 1.91. The lowest BCUT2D eigenvalue weighted by Gasteiger charge is -2.13. The monoisotopic (exact) mass is 170 g/mol. The molecule has 12 heavy (non-hydrogen) atoms. The number of likely N-dealkylation sites (N-methyl/N-ethyl adjacent to an activating group) is 1. The Kier molecular flexibility index (Phi) is 7.11. The maximum atomic E-state index is 3.15. The molecule has 0 aliphatic heterocycles. The third kappa shape index (κ3) is 7.76. The number of allylic oxidation sites excluding steroid dienone is 1. The van der Waals surface area contributed by atoms with Crippen molar-refractivity contribution in [2.24, 2.45) is 0 Å². The van der Waals surface area contributed by atoms with Crippen LogP contribution < -0.4 is 5.32 Å². The average molecular weight is 170 g/mol. The van der Waals surface area contributed by atoms with Crippen molar-refractivity contribution in [1.82, 2.24) is 10.2 Å². The molecule has 0 aromatic rings. The van der Waals surface area contributed by atoms with Gasteiger partial charge in [-0.15, -0.1) is 0 Å². The van der Waals surface area contributed by atoms with Crippen LogP contribution in [0.4, 0.5) is 0 Å². The second-order valence-corrected chi connectivity index (χ2v) is 3.50. The van der Waals surface area contributed by atoms with Crippen LogP contribution in [-0.4, -0.2) is 38.6 Å². The third-order valence-corrected chi connectivity index (χ3v) is 1.78. The fraction of sp³-hybridized carbons (Fsp3) is 0.800. The molecule has 0 atom stereocenters. The molecule has 1 N–H and O–H groups in total. The normalized spacial score (nSPS) is 10.4. The fourth-order valence-corrected chi connectivity index (χ4v) is 0.955. The Bertz CT molecular complexity index is 126. The summed E-state index contributed by atoms with van der Waals surface area (Å²) in [5.41, 5.74) is 1.40. The molecule has 0 fully saturated rings. The van der Waals surface area contributed by atoms with Gasteiger partial charge in [-0.2, -0.15) is 0 Å². The minimum Gasteiger partial charge on any atom is -0.320 e. The van der Waals surface area contributed by atoms with E-state index in [4.69, 9.17) is 0 Å². The predicted molar refractivity (Wildman–Crippen MR) is 55.5 cm³/mol. The summed E-state index contributed by atoms with van der Waals surface area (Å²) < 4.78 is 0. The molecule has 0 radical (unpaired) electrons. The highest BCUT2D eigenvalue weighted by molar-refractivity contribution is 4.94. The molecule has 0 bridgehead atoms. The van der Waals surface area contributed by atoms with Crippen LogP contribution >= 0.6 is 0 Å². The topological polar surface area (TPSA) is 15.3 Å². The van der Waals surface area contributed by atoms with Crippen molar-refractivity contribution in [3.8, 4) is 0 Å². The first-order valence-corrected chi connectivity index (χ1v) is 4.63. The van der Waals surface area contributed by atoms with Crippen LogP contribution in [0.15, 0.2) is 11.6 Å². The van der Waals surface area contributed by atoms with Crippen molar-refractivity contribution in [1.29, 1.82) is 0 Å². The summed E-state index contributed by atoms with van der Waals surface area (Å²) in [7, 11) is 4.16. The van der Waals surface area contributed by atoms with Crippen LogP contribution in [0.25, 0.3) is 0 Å². The van der Waals surface area contributed by atoms with E-state index in [1.807, 2.05) is 7.05 Å². The van der Waals surface area contributed by atoms with Gasteiger partial charge in [-0.1, -0.05) is 11.6 Å². The van der Waals surface area contributed by atoms with Crippen LogP contribution in [0.3, 0.4) is 0 Å². The van der Waals surface area contributed by atoms with E-state index in [0.717, 1.165) is 13.1 Å². The largest absolute Gasteiger partial charge is 0.320 e. The SMILES string of the molecule is CNCCCN(C)CC=C(C)C. The van der Waals surface area contributed by atoms with Crippen LogP contribution in [0.5, 0.6) is 0 Å². The molecule has 0 rings (SSSR count). The van der Waals surface area contributed by atoms with E-state index in [9.17, 15) is 0 Å². The second-order valence-electron chi connectivity index (χ2n) is 3.50. The zero-order valence-electron chi connectivity index (χ0n) is 8.85. The first-order chi connectivity index (χ1) is 5.66. The smallest absolute Gasteiger partial charge is 0.0162 e. The van der Waals surface area contributed by atoms with E-state index in [1.165, 1.54) is 18.5 Å². The lowest BCUT2D eigenvalue weighted by atomic mass is 10.3. The van der Waals surface area contributed by atoms with Gasteiger partial charge in [0.05, 0.1) is 0 Å². The Hall–Kier alpha value is -0.340. The van der Waals surface area contributed by atoms with Crippen LogP contribution in [0.2, 0.25) is 0 Å². The van der Waals surface area contributed by atoms with Gasteiger partial charge in [0.1, 0.15) is 0 Å². The van der Waals surface area contributed by atoms with Crippen LogP contribution in [-0.2, 0) is 0 Å². The molecule has 0 aliphatic rings. The van der Waals surface area contributed by atoms with Crippen molar-refractivity contribution in [2.75, 3.05) is 33.7 Å². The van der Waals surface area contributed by atoms with E-state index in [1.54, 1.807) is 0 Å². The summed E-state index contributed by atoms with van der Waals surface area (Å²) >= 11 is 0. The number of rotatable bonds is 6. The van der Waals surface area contributed by atoms with Gasteiger partial charge in [0.2, 0.25) is 0 Å². The quantitative estimate of drug-likeness (QED) is 0.480. The van der Waals surface area contributed by atoms with Gasteiger partial charge < -0.3 is 10.2 Å². The number of nitrogens with one attached hydrogen (secondary N) is 1. The summed E-state index contributed by atoms with van der Waals surface area (Å²) in [5.74, 6) is 0. The molecule has 0 spiro atoms. The van der Waals surface area contributed by atoms with Gasteiger partial charge >= 0.3 is 0 Å². The molecule has 0 aliphatic carbocycles. The molecule has 72 valence electrons. The fourth-order valence-electron chi connectivity index (χ4n) is 0.955. The Morgan fingerprint density at radius 3 is 2.58 bits per heavy atom. The summed E-state index contributed by atoms with van der Waals surface area (Å²) in [6.07, 6.45) is 3.49. The highest BCUT2D eigenvalue weighted by atomic mass is 15.1. The highest BCUT2D eigenvalue weighted by Gasteiger charge is 1.93. The summed E-state index contributed by atoms with van der Waals surface area (Å²) in [6.45, 7) is 7.64. The lowest BCUT2D eigenvalue weighted by Crippen LogP contribution is -2.22. The Morgan fingerprint density at radius 1 is 1.42 bits per heavy atom. The molecule has 2 heteroatoms. The molecule has 0 saturated carbocycles. The molecule has 0 saturated heterocycles.